The molecule has 10 heteroatoms. The maximum Gasteiger partial charge on any atom is 0.273 e. The van der Waals surface area contributed by atoms with Gasteiger partial charge in [-0.2, -0.15) is 0 Å². The third-order valence-electron chi connectivity index (χ3n) is 3.80. The lowest BCUT2D eigenvalue weighted by Crippen LogP contribution is -2.11. The molecule has 0 fully saturated rings. The van der Waals surface area contributed by atoms with Gasteiger partial charge in [0.1, 0.15) is 5.15 Å². The molecule has 130 valence electrons. The summed E-state index contributed by atoms with van der Waals surface area (Å²) in [6.07, 6.45) is 5.68. The number of hydrogen-bond acceptors (Lipinski definition) is 5. The molecule has 3 aromatic heterocycles. The third-order valence-corrected chi connectivity index (χ3v) is 6.82. The molecule has 0 bridgehead atoms. The van der Waals surface area contributed by atoms with Crippen molar-refractivity contribution >= 4 is 54.5 Å². The Kier molecular flexibility index (Phi) is 3.95. The number of nitrogens with zero attached hydrogens (tertiary/aromatic N) is 2. The fraction of sp³-hybridized carbons (Fsp3) is 0.133. The van der Waals surface area contributed by atoms with E-state index in [1.807, 2.05) is 18.3 Å². The molecular formula is C15H14ClN5O2S2. The number of benzene rings is 1. The van der Waals surface area contributed by atoms with Crippen LogP contribution in [-0.2, 0) is 16.4 Å². The normalized spacial score (nSPS) is 12.2. The number of H-pyrrole nitrogens is 1. The quantitative estimate of drug-likeness (QED) is 0.483. The molecule has 0 atom stereocenters. The van der Waals surface area contributed by atoms with E-state index in [0.29, 0.717) is 22.3 Å². The fourth-order valence-electron chi connectivity index (χ4n) is 2.68. The van der Waals surface area contributed by atoms with Crippen molar-refractivity contribution in [2.24, 2.45) is 5.73 Å². The van der Waals surface area contributed by atoms with Gasteiger partial charge in [-0.15, -0.1) is 0 Å². The Morgan fingerprint density at radius 3 is 2.96 bits per heavy atom. The summed E-state index contributed by atoms with van der Waals surface area (Å²) >= 11 is 6.86. The fourth-order valence-corrected chi connectivity index (χ4v) is 5.19. The molecule has 0 saturated heterocycles. The average molecular weight is 396 g/mol. The molecule has 4 aromatic rings. The first-order valence-electron chi connectivity index (χ1n) is 7.43. The molecule has 0 aliphatic carbocycles. The van der Waals surface area contributed by atoms with Crippen molar-refractivity contribution in [1.29, 1.82) is 0 Å². The van der Waals surface area contributed by atoms with E-state index in [1.54, 1.807) is 16.7 Å². The lowest BCUT2D eigenvalue weighted by molar-refractivity contribution is 0.603. The van der Waals surface area contributed by atoms with E-state index in [-0.39, 0.29) is 4.21 Å². The van der Waals surface area contributed by atoms with Crippen LogP contribution in [0.25, 0.3) is 15.9 Å². The Hall–Kier alpha value is -2.07. The van der Waals surface area contributed by atoms with Crippen LogP contribution < -0.4 is 10.5 Å². The number of thiazole rings is 1. The van der Waals surface area contributed by atoms with Crippen molar-refractivity contribution < 1.29 is 8.42 Å². The minimum absolute atomic E-state index is 0.169. The molecule has 3 heterocycles. The van der Waals surface area contributed by atoms with Gasteiger partial charge >= 0.3 is 0 Å². The van der Waals surface area contributed by atoms with Crippen molar-refractivity contribution in [2.45, 2.75) is 10.6 Å². The highest BCUT2D eigenvalue weighted by molar-refractivity contribution is 7.94. The van der Waals surface area contributed by atoms with Gasteiger partial charge in [0.15, 0.2) is 9.17 Å². The van der Waals surface area contributed by atoms with E-state index in [0.717, 1.165) is 34.2 Å². The summed E-state index contributed by atoms with van der Waals surface area (Å²) in [7, 11) is -3.71. The smallest absolute Gasteiger partial charge is 0.273 e. The van der Waals surface area contributed by atoms with Crippen LogP contribution in [-0.4, -0.2) is 29.3 Å². The molecule has 1 aromatic carbocycles. The first kappa shape index (κ1) is 16.4. The Labute approximate surface area is 152 Å². The molecule has 0 aliphatic rings. The van der Waals surface area contributed by atoms with Crippen molar-refractivity contribution in [3.63, 3.8) is 0 Å². The number of aromatic nitrogens is 3. The summed E-state index contributed by atoms with van der Waals surface area (Å²) < 4.78 is 29.7. The minimum atomic E-state index is -3.71. The highest BCUT2D eigenvalue weighted by Crippen LogP contribution is 2.28. The Morgan fingerprint density at radius 1 is 1.36 bits per heavy atom. The van der Waals surface area contributed by atoms with Gasteiger partial charge in [-0.25, -0.2) is 13.4 Å². The van der Waals surface area contributed by atoms with Gasteiger partial charge in [0.05, 0.1) is 0 Å². The number of hydrogen-bond donors (Lipinski definition) is 3. The van der Waals surface area contributed by atoms with Crippen LogP contribution in [0.15, 0.2) is 41.0 Å². The zero-order valence-electron chi connectivity index (χ0n) is 12.9. The molecule has 7 nitrogen and oxygen atoms in total. The number of fused-ring (bicyclic) bond motifs is 2. The molecule has 0 aliphatic heterocycles. The summed E-state index contributed by atoms with van der Waals surface area (Å²) in [5.74, 6) is 0. The predicted octanol–water partition coefficient (Wildman–Crippen LogP) is 2.83. The predicted molar refractivity (Wildman–Crippen MR) is 99.9 cm³/mol. The van der Waals surface area contributed by atoms with Crippen LogP contribution in [0.5, 0.6) is 0 Å². The molecular weight excluding hydrogens is 382 g/mol. The van der Waals surface area contributed by atoms with Crippen LogP contribution >= 0.6 is 22.9 Å². The average Bonchev–Trinajstić information content (AvgIpc) is 3.21. The standard InChI is InChI=1S/C15H14ClN5O2S2/c16-13-7-21-8-14(24-15(21)19-13)25(22,23)20-10-1-2-12-11(5-10)9(3-4-17)6-18-12/h1-2,5-8,18,20H,3-4,17H2. The van der Waals surface area contributed by atoms with Gasteiger partial charge in [0.2, 0.25) is 0 Å². The second kappa shape index (κ2) is 6.03. The summed E-state index contributed by atoms with van der Waals surface area (Å²) in [6.45, 7) is 0.528. The lowest BCUT2D eigenvalue weighted by Gasteiger charge is -2.06. The van der Waals surface area contributed by atoms with Gasteiger partial charge in [0.25, 0.3) is 10.0 Å². The number of sulfonamides is 1. The maximum atomic E-state index is 12.6. The molecule has 25 heavy (non-hydrogen) atoms. The van der Waals surface area contributed by atoms with E-state index < -0.39 is 10.0 Å². The van der Waals surface area contributed by atoms with Gasteiger partial charge in [-0.1, -0.05) is 22.9 Å². The number of imidazole rings is 1. The largest absolute Gasteiger partial charge is 0.361 e. The van der Waals surface area contributed by atoms with Crippen LogP contribution in [0.4, 0.5) is 5.69 Å². The molecule has 0 amide bonds. The van der Waals surface area contributed by atoms with E-state index in [1.165, 1.54) is 6.20 Å². The second-order valence-electron chi connectivity index (χ2n) is 5.52. The van der Waals surface area contributed by atoms with Crippen LogP contribution in [0.2, 0.25) is 5.15 Å². The van der Waals surface area contributed by atoms with Gasteiger partial charge in [-0.05, 0) is 36.7 Å². The SMILES string of the molecule is NCCc1c[nH]c2ccc(NS(=O)(=O)c3cn4cc(Cl)nc4s3)cc12. The van der Waals surface area contributed by atoms with E-state index in [9.17, 15) is 8.42 Å². The monoisotopic (exact) mass is 395 g/mol. The summed E-state index contributed by atoms with van der Waals surface area (Å²) in [6, 6.07) is 5.37. The lowest BCUT2D eigenvalue weighted by atomic mass is 10.1. The highest BCUT2D eigenvalue weighted by atomic mass is 35.5. The molecule has 0 radical (unpaired) electrons. The number of rotatable bonds is 5. The number of anilines is 1. The maximum absolute atomic E-state index is 12.6. The van der Waals surface area contributed by atoms with E-state index >= 15 is 0 Å². The summed E-state index contributed by atoms with van der Waals surface area (Å²) in [4.78, 5) is 7.74. The molecule has 0 unspecified atom stereocenters. The Morgan fingerprint density at radius 2 is 2.20 bits per heavy atom. The third kappa shape index (κ3) is 2.99. The molecule has 4 N–H and O–H groups in total. The minimum Gasteiger partial charge on any atom is -0.361 e. The van der Waals surface area contributed by atoms with Crippen LogP contribution in [0, 0.1) is 0 Å². The number of aromatic amines is 1. The molecule has 0 spiro atoms. The highest BCUT2D eigenvalue weighted by Gasteiger charge is 2.19. The van der Waals surface area contributed by atoms with Gasteiger partial charge < -0.3 is 10.7 Å². The summed E-state index contributed by atoms with van der Waals surface area (Å²) in [5.41, 5.74) is 8.12. The van der Waals surface area contributed by atoms with Crippen molar-refractivity contribution in [3.8, 4) is 0 Å². The Bertz CT molecular complexity index is 1140. The zero-order chi connectivity index (χ0) is 17.6. The first-order valence-corrected chi connectivity index (χ1v) is 10.1. The van der Waals surface area contributed by atoms with Gasteiger partial charge in [-0.3, -0.25) is 9.12 Å². The topological polar surface area (TPSA) is 105 Å². The van der Waals surface area contributed by atoms with Crippen LogP contribution in [0.1, 0.15) is 5.56 Å². The van der Waals surface area contributed by atoms with Crippen molar-refractivity contribution in [3.05, 3.63) is 47.5 Å². The molecule has 0 saturated carbocycles. The van der Waals surface area contributed by atoms with E-state index in [4.69, 9.17) is 17.3 Å². The first-order chi connectivity index (χ1) is 12.0. The van der Waals surface area contributed by atoms with E-state index in [2.05, 4.69) is 14.7 Å². The molecule has 4 rings (SSSR count). The summed E-state index contributed by atoms with van der Waals surface area (Å²) in [5, 5.41) is 1.28. The van der Waals surface area contributed by atoms with Crippen molar-refractivity contribution in [1.82, 2.24) is 14.4 Å². The number of halogens is 1. The van der Waals surface area contributed by atoms with Crippen LogP contribution in [0.3, 0.4) is 0 Å². The Balaban J connectivity index is 1.68. The zero-order valence-corrected chi connectivity index (χ0v) is 15.2. The second-order valence-corrected chi connectivity index (χ2v) is 8.83. The number of nitrogens with one attached hydrogen (secondary N) is 2. The number of nitrogens with two attached hydrogens (primary N) is 1. The van der Waals surface area contributed by atoms with Gasteiger partial charge in [0, 0.05) is 35.2 Å². The van der Waals surface area contributed by atoms with Crippen molar-refractivity contribution in [2.75, 3.05) is 11.3 Å².